The van der Waals surface area contributed by atoms with E-state index >= 15 is 0 Å². The van der Waals surface area contributed by atoms with Gasteiger partial charge in [0.25, 0.3) is 5.91 Å². The van der Waals surface area contributed by atoms with Crippen LogP contribution in [0.2, 0.25) is 0 Å². The Labute approximate surface area is 182 Å². The molecule has 1 amide bonds. The second-order valence-electron chi connectivity index (χ2n) is 7.89. The third kappa shape index (κ3) is 4.48. The predicted octanol–water partition coefficient (Wildman–Crippen LogP) is 5.18. The van der Waals surface area contributed by atoms with Gasteiger partial charge in [0, 0.05) is 5.56 Å². The number of aryl methyl sites for hydroxylation is 1. The highest BCUT2D eigenvalue weighted by Crippen LogP contribution is 2.26. The van der Waals surface area contributed by atoms with Crippen molar-refractivity contribution >= 4 is 17.8 Å². The van der Waals surface area contributed by atoms with Crippen LogP contribution in [0.25, 0.3) is 5.69 Å². The number of hydrogen-bond acceptors (Lipinski definition) is 4. The normalized spacial score (nSPS) is 11.2. The van der Waals surface area contributed by atoms with Crippen LogP contribution < -0.4 is 10.6 Å². The van der Waals surface area contributed by atoms with Crippen LogP contribution in [0.4, 0.5) is 11.9 Å². The van der Waals surface area contributed by atoms with Crippen LogP contribution in [-0.4, -0.2) is 20.7 Å². The quantitative estimate of drug-likeness (QED) is 0.459. The molecule has 0 aliphatic heterocycles. The molecule has 1 aromatic heterocycles. The maximum absolute atomic E-state index is 12.9. The largest absolute Gasteiger partial charge is 0.344 e. The zero-order valence-corrected chi connectivity index (χ0v) is 17.8. The highest BCUT2D eigenvalue weighted by molar-refractivity contribution is 6.04. The first-order valence-corrected chi connectivity index (χ1v) is 10.2. The van der Waals surface area contributed by atoms with E-state index in [4.69, 9.17) is 0 Å². The molecule has 0 saturated heterocycles. The molecule has 4 aromatic rings. The lowest BCUT2D eigenvalue weighted by molar-refractivity contribution is 0.102. The van der Waals surface area contributed by atoms with Crippen molar-refractivity contribution in [3.8, 4) is 5.69 Å². The molecular weight excluding hydrogens is 386 g/mol. The van der Waals surface area contributed by atoms with E-state index in [1.807, 2.05) is 73.7 Å². The van der Waals surface area contributed by atoms with Crippen LogP contribution in [0, 0.1) is 6.92 Å². The van der Waals surface area contributed by atoms with Crippen LogP contribution in [-0.2, 0) is 5.54 Å². The Morgan fingerprint density at radius 3 is 2.16 bits per heavy atom. The Hall–Kier alpha value is -3.93. The highest BCUT2D eigenvalue weighted by atomic mass is 16.1. The number of rotatable bonds is 6. The molecule has 6 heteroatoms. The number of nitrogens with one attached hydrogen (secondary N) is 2. The zero-order valence-electron chi connectivity index (χ0n) is 17.8. The summed E-state index contributed by atoms with van der Waals surface area (Å²) >= 11 is 0. The molecule has 0 saturated carbocycles. The number of benzene rings is 3. The second kappa shape index (κ2) is 8.44. The van der Waals surface area contributed by atoms with Crippen LogP contribution in [0.1, 0.15) is 35.3 Å². The molecule has 0 unspecified atom stereocenters. The fourth-order valence-corrected chi connectivity index (χ4v) is 3.40. The van der Waals surface area contributed by atoms with Crippen molar-refractivity contribution in [2.45, 2.75) is 26.3 Å². The number of anilines is 2. The number of amides is 1. The van der Waals surface area contributed by atoms with Crippen molar-refractivity contribution < 1.29 is 4.79 Å². The van der Waals surface area contributed by atoms with Crippen molar-refractivity contribution in [2.24, 2.45) is 0 Å². The number of carbonyl (C=O) groups excluding carboxylic acids is 1. The molecule has 4 rings (SSSR count). The fourth-order valence-electron chi connectivity index (χ4n) is 3.40. The van der Waals surface area contributed by atoms with E-state index in [-0.39, 0.29) is 5.91 Å². The number of para-hydroxylation sites is 1. The second-order valence-corrected chi connectivity index (χ2v) is 7.89. The molecule has 0 atom stereocenters. The lowest BCUT2D eigenvalue weighted by atomic mass is 9.95. The van der Waals surface area contributed by atoms with Gasteiger partial charge in [-0.3, -0.25) is 10.1 Å². The van der Waals surface area contributed by atoms with Crippen LogP contribution in [0.15, 0.2) is 84.9 Å². The minimum Gasteiger partial charge on any atom is -0.344 e. The SMILES string of the molecule is Cc1ccccc1C(=O)Nc1nc(NC(C)(C)c2ccccc2)nn1-c1ccccc1. The van der Waals surface area contributed by atoms with Gasteiger partial charge in [-0.1, -0.05) is 66.7 Å². The average Bonchev–Trinajstić information content (AvgIpc) is 3.16. The van der Waals surface area contributed by atoms with Crippen molar-refractivity contribution in [1.29, 1.82) is 0 Å². The van der Waals surface area contributed by atoms with Crippen LogP contribution >= 0.6 is 0 Å². The van der Waals surface area contributed by atoms with Crippen molar-refractivity contribution in [2.75, 3.05) is 10.6 Å². The third-order valence-electron chi connectivity index (χ3n) is 5.14. The van der Waals surface area contributed by atoms with Gasteiger partial charge in [0.15, 0.2) is 0 Å². The van der Waals surface area contributed by atoms with E-state index in [1.165, 1.54) is 0 Å². The van der Waals surface area contributed by atoms with Gasteiger partial charge in [0.2, 0.25) is 11.9 Å². The Kier molecular flexibility index (Phi) is 5.54. The van der Waals surface area contributed by atoms with Crippen LogP contribution in [0.3, 0.4) is 0 Å². The molecule has 0 radical (unpaired) electrons. The average molecular weight is 412 g/mol. The minimum absolute atomic E-state index is 0.225. The van der Waals surface area contributed by atoms with E-state index in [0.717, 1.165) is 16.8 Å². The molecule has 0 bridgehead atoms. The summed E-state index contributed by atoms with van der Waals surface area (Å²) in [5.74, 6) is 0.556. The molecule has 6 nitrogen and oxygen atoms in total. The number of aromatic nitrogens is 3. The summed E-state index contributed by atoms with van der Waals surface area (Å²) in [6.45, 7) is 6.04. The molecule has 0 aliphatic carbocycles. The van der Waals surface area contributed by atoms with E-state index < -0.39 is 5.54 Å². The highest BCUT2D eigenvalue weighted by Gasteiger charge is 2.24. The van der Waals surface area contributed by atoms with E-state index in [0.29, 0.717) is 17.5 Å². The van der Waals surface area contributed by atoms with E-state index in [2.05, 4.69) is 46.7 Å². The molecule has 3 aromatic carbocycles. The maximum Gasteiger partial charge on any atom is 0.258 e. The van der Waals surface area contributed by atoms with Gasteiger partial charge in [-0.05, 0) is 50.1 Å². The molecule has 31 heavy (non-hydrogen) atoms. The van der Waals surface area contributed by atoms with Gasteiger partial charge in [-0.2, -0.15) is 9.67 Å². The Bertz CT molecular complexity index is 1180. The monoisotopic (exact) mass is 411 g/mol. The van der Waals surface area contributed by atoms with Gasteiger partial charge in [0.1, 0.15) is 0 Å². The van der Waals surface area contributed by atoms with Crippen molar-refractivity contribution in [1.82, 2.24) is 14.8 Å². The molecule has 0 fully saturated rings. The van der Waals surface area contributed by atoms with E-state index in [9.17, 15) is 4.79 Å². The van der Waals surface area contributed by atoms with Gasteiger partial charge < -0.3 is 5.32 Å². The fraction of sp³-hybridized carbons (Fsp3) is 0.160. The van der Waals surface area contributed by atoms with Gasteiger partial charge in [-0.15, -0.1) is 5.10 Å². The minimum atomic E-state index is -0.401. The molecule has 156 valence electrons. The summed E-state index contributed by atoms with van der Waals surface area (Å²) in [7, 11) is 0. The molecule has 2 N–H and O–H groups in total. The molecule has 0 spiro atoms. The van der Waals surface area contributed by atoms with Gasteiger partial charge >= 0.3 is 0 Å². The van der Waals surface area contributed by atoms with E-state index in [1.54, 1.807) is 10.7 Å². The number of nitrogens with zero attached hydrogens (tertiary/aromatic N) is 3. The predicted molar refractivity (Wildman–Crippen MR) is 124 cm³/mol. The lowest BCUT2D eigenvalue weighted by Crippen LogP contribution is -2.28. The van der Waals surface area contributed by atoms with Gasteiger partial charge in [-0.25, -0.2) is 0 Å². The first-order valence-electron chi connectivity index (χ1n) is 10.2. The summed E-state index contributed by atoms with van der Waals surface area (Å²) in [5, 5.41) is 11.0. The maximum atomic E-state index is 12.9. The summed E-state index contributed by atoms with van der Waals surface area (Å²) in [4.78, 5) is 17.5. The third-order valence-corrected chi connectivity index (χ3v) is 5.14. The van der Waals surface area contributed by atoms with Gasteiger partial charge in [0.05, 0.1) is 11.2 Å². The van der Waals surface area contributed by atoms with Crippen molar-refractivity contribution in [3.05, 3.63) is 102 Å². The number of carbonyl (C=O) groups is 1. The first kappa shape index (κ1) is 20.3. The molecule has 1 heterocycles. The number of hydrogen-bond donors (Lipinski definition) is 2. The Morgan fingerprint density at radius 2 is 1.48 bits per heavy atom. The Morgan fingerprint density at radius 1 is 0.871 bits per heavy atom. The Balaban J connectivity index is 1.68. The molecule has 0 aliphatic rings. The van der Waals surface area contributed by atoms with Crippen molar-refractivity contribution in [3.63, 3.8) is 0 Å². The topological polar surface area (TPSA) is 71.8 Å². The summed E-state index contributed by atoms with van der Waals surface area (Å²) in [6, 6.07) is 27.2. The summed E-state index contributed by atoms with van der Waals surface area (Å²) in [5.41, 5.74) is 3.01. The van der Waals surface area contributed by atoms with Crippen LogP contribution in [0.5, 0.6) is 0 Å². The summed E-state index contributed by atoms with van der Waals surface area (Å²) < 4.78 is 1.64. The smallest absolute Gasteiger partial charge is 0.258 e. The first-order chi connectivity index (χ1) is 14.9. The zero-order chi connectivity index (χ0) is 21.8. The molecular formula is C25H25N5O. The lowest BCUT2D eigenvalue weighted by Gasteiger charge is -2.26. The summed E-state index contributed by atoms with van der Waals surface area (Å²) in [6.07, 6.45) is 0. The standard InChI is InChI=1S/C25H25N5O/c1-18-12-10-11-17-21(18)22(31)26-24-27-23(29-30(24)20-15-8-5-9-16-20)28-25(2,3)19-13-6-4-7-14-19/h4-17H,1-3H3,(H2,26,27,28,29,31).